The monoisotopic (exact) mass is 261 g/mol. The van der Waals surface area contributed by atoms with Gasteiger partial charge in [0.2, 0.25) is 0 Å². The molecule has 3 aliphatic carbocycles. The molecule has 5 rings (SSSR count). The molecule has 1 nitrogen and oxygen atoms in total. The Hall–Kier alpha value is -1.81. The Morgan fingerprint density at radius 3 is 2.30 bits per heavy atom. The van der Waals surface area contributed by atoms with E-state index in [0.29, 0.717) is 11.8 Å². The SMILES string of the molecule is N#CC1C2CCC(CC2)C1c1ccc2ccccc2c1. The van der Waals surface area contributed by atoms with Gasteiger partial charge in [0.1, 0.15) is 0 Å². The minimum Gasteiger partial charge on any atom is -0.198 e. The lowest BCUT2D eigenvalue weighted by Crippen LogP contribution is -2.37. The second-order valence-electron chi connectivity index (χ2n) is 6.46. The van der Waals surface area contributed by atoms with E-state index >= 15 is 0 Å². The van der Waals surface area contributed by atoms with E-state index in [9.17, 15) is 5.26 Å². The molecule has 0 spiro atoms. The first kappa shape index (κ1) is 12.0. The summed E-state index contributed by atoms with van der Waals surface area (Å²) in [4.78, 5) is 0. The van der Waals surface area contributed by atoms with Gasteiger partial charge < -0.3 is 0 Å². The van der Waals surface area contributed by atoms with E-state index in [2.05, 4.69) is 48.5 Å². The molecule has 3 aliphatic rings. The number of nitrogens with zero attached hydrogens (tertiary/aromatic N) is 1. The zero-order valence-corrected chi connectivity index (χ0v) is 11.6. The summed E-state index contributed by atoms with van der Waals surface area (Å²) in [6.07, 6.45) is 5.18. The Balaban J connectivity index is 1.79. The largest absolute Gasteiger partial charge is 0.198 e. The number of hydrogen-bond donors (Lipinski definition) is 0. The predicted octanol–water partition coefficient (Wildman–Crippen LogP) is 4.88. The fourth-order valence-electron chi connectivity index (χ4n) is 4.53. The fraction of sp³-hybridized carbons (Fsp3) is 0.421. The summed E-state index contributed by atoms with van der Waals surface area (Å²) in [6.45, 7) is 0. The van der Waals surface area contributed by atoms with Crippen molar-refractivity contribution in [3.63, 3.8) is 0 Å². The van der Waals surface area contributed by atoms with Crippen LogP contribution in [0.25, 0.3) is 10.8 Å². The molecule has 2 aromatic rings. The molecule has 0 aliphatic heterocycles. The third kappa shape index (κ3) is 1.75. The van der Waals surface area contributed by atoms with E-state index in [1.165, 1.54) is 42.0 Å². The maximum Gasteiger partial charge on any atom is 0.0665 e. The molecule has 0 amide bonds. The molecular weight excluding hydrogens is 242 g/mol. The van der Waals surface area contributed by atoms with Crippen molar-refractivity contribution in [3.05, 3.63) is 48.0 Å². The van der Waals surface area contributed by atoms with Gasteiger partial charge in [-0.2, -0.15) is 5.26 Å². The van der Waals surface area contributed by atoms with Crippen molar-refractivity contribution in [2.75, 3.05) is 0 Å². The second-order valence-corrected chi connectivity index (χ2v) is 6.46. The van der Waals surface area contributed by atoms with Crippen LogP contribution in [0, 0.1) is 29.1 Å². The number of rotatable bonds is 1. The highest BCUT2D eigenvalue weighted by atomic mass is 14.5. The minimum atomic E-state index is 0.240. The highest BCUT2D eigenvalue weighted by Gasteiger charge is 2.44. The minimum absolute atomic E-state index is 0.240. The van der Waals surface area contributed by atoms with Crippen molar-refractivity contribution in [3.8, 4) is 6.07 Å². The van der Waals surface area contributed by atoms with Crippen molar-refractivity contribution in [2.45, 2.75) is 31.6 Å². The summed E-state index contributed by atoms with van der Waals surface area (Å²) in [5.41, 5.74) is 1.39. The molecular formula is C19H19N. The number of hydrogen-bond acceptors (Lipinski definition) is 1. The smallest absolute Gasteiger partial charge is 0.0665 e. The highest BCUT2D eigenvalue weighted by Crippen LogP contribution is 2.53. The lowest BCUT2D eigenvalue weighted by molar-refractivity contribution is 0.101. The van der Waals surface area contributed by atoms with Crippen LogP contribution < -0.4 is 0 Å². The van der Waals surface area contributed by atoms with Crippen LogP contribution in [0.3, 0.4) is 0 Å². The van der Waals surface area contributed by atoms with Gasteiger partial charge in [0.15, 0.2) is 0 Å². The first-order valence-corrected chi connectivity index (χ1v) is 7.75. The van der Waals surface area contributed by atoms with E-state index in [0.717, 1.165) is 5.92 Å². The molecule has 3 fully saturated rings. The van der Waals surface area contributed by atoms with E-state index in [1.54, 1.807) is 0 Å². The molecule has 2 bridgehead atoms. The van der Waals surface area contributed by atoms with E-state index in [-0.39, 0.29) is 5.92 Å². The fourth-order valence-corrected chi connectivity index (χ4v) is 4.53. The maximum atomic E-state index is 9.61. The average Bonchev–Trinajstić information content (AvgIpc) is 2.54. The third-order valence-electron chi connectivity index (χ3n) is 5.53. The molecule has 2 unspecified atom stereocenters. The van der Waals surface area contributed by atoms with Crippen LogP contribution in [0.1, 0.15) is 37.2 Å². The lowest BCUT2D eigenvalue weighted by Gasteiger charge is -2.46. The Kier molecular flexibility index (Phi) is 2.77. The van der Waals surface area contributed by atoms with Gasteiger partial charge in [-0.05, 0) is 53.9 Å². The highest BCUT2D eigenvalue weighted by molar-refractivity contribution is 5.83. The van der Waals surface area contributed by atoms with Gasteiger partial charge in [-0.25, -0.2) is 0 Å². The molecule has 0 saturated heterocycles. The number of nitriles is 1. The molecule has 100 valence electrons. The van der Waals surface area contributed by atoms with Crippen LogP contribution in [0.15, 0.2) is 42.5 Å². The molecule has 0 N–H and O–H groups in total. The topological polar surface area (TPSA) is 23.8 Å². The summed E-state index contributed by atoms with van der Waals surface area (Å²) in [7, 11) is 0. The summed E-state index contributed by atoms with van der Waals surface area (Å²) >= 11 is 0. The van der Waals surface area contributed by atoms with E-state index < -0.39 is 0 Å². The van der Waals surface area contributed by atoms with E-state index in [1.807, 2.05) is 0 Å². The van der Waals surface area contributed by atoms with Gasteiger partial charge in [0.05, 0.1) is 12.0 Å². The zero-order chi connectivity index (χ0) is 13.5. The van der Waals surface area contributed by atoms with Crippen molar-refractivity contribution >= 4 is 10.8 Å². The Morgan fingerprint density at radius 2 is 1.55 bits per heavy atom. The number of benzene rings is 2. The van der Waals surface area contributed by atoms with E-state index in [4.69, 9.17) is 0 Å². The molecule has 3 saturated carbocycles. The van der Waals surface area contributed by atoms with Crippen molar-refractivity contribution in [2.24, 2.45) is 17.8 Å². The Morgan fingerprint density at radius 1 is 0.850 bits per heavy atom. The van der Waals surface area contributed by atoms with Crippen LogP contribution in [-0.2, 0) is 0 Å². The molecule has 0 aromatic heterocycles. The normalized spacial score (nSPS) is 32.1. The first-order valence-electron chi connectivity index (χ1n) is 7.75. The van der Waals surface area contributed by atoms with Crippen LogP contribution in [0.5, 0.6) is 0 Å². The summed E-state index contributed by atoms with van der Waals surface area (Å²) in [5.74, 6) is 2.08. The zero-order valence-electron chi connectivity index (χ0n) is 11.6. The predicted molar refractivity (Wildman–Crippen MR) is 81.2 cm³/mol. The lowest BCUT2D eigenvalue weighted by atomic mass is 9.57. The average molecular weight is 261 g/mol. The van der Waals surface area contributed by atoms with Crippen molar-refractivity contribution in [1.82, 2.24) is 0 Å². The standard InChI is InChI=1S/C19H19N/c20-12-18-14-6-8-15(9-7-14)19(18)17-10-5-13-3-1-2-4-16(13)11-17/h1-5,10-11,14-15,18-19H,6-9H2. The number of fused-ring (bicyclic) bond motifs is 4. The van der Waals surface area contributed by atoms with Crippen molar-refractivity contribution < 1.29 is 0 Å². The van der Waals surface area contributed by atoms with Crippen LogP contribution in [0.2, 0.25) is 0 Å². The molecule has 1 heteroatoms. The van der Waals surface area contributed by atoms with Gasteiger partial charge in [-0.3, -0.25) is 0 Å². The second kappa shape index (κ2) is 4.63. The Bertz CT molecular complexity index is 673. The third-order valence-corrected chi connectivity index (χ3v) is 5.53. The molecule has 0 heterocycles. The van der Waals surface area contributed by atoms with Gasteiger partial charge in [-0.15, -0.1) is 0 Å². The first-order chi connectivity index (χ1) is 9.86. The summed E-state index contributed by atoms with van der Waals surface area (Å²) in [6, 6.07) is 18.0. The Labute approximate surface area is 120 Å². The van der Waals surface area contributed by atoms with Crippen molar-refractivity contribution in [1.29, 1.82) is 5.26 Å². The van der Waals surface area contributed by atoms with Crippen LogP contribution >= 0.6 is 0 Å². The molecule has 0 radical (unpaired) electrons. The molecule has 20 heavy (non-hydrogen) atoms. The van der Waals surface area contributed by atoms with Gasteiger partial charge in [0, 0.05) is 5.92 Å². The molecule has 2 atom stereocenters. The summed E-state index contributed by atoms with van der Waals surface area (Å²) in [5, 5.41) is 12.2. The van der Waals surface area contributed by atoms with Crippen LogP contribution in [0.4, 0.5) is 0 Å². The molecule has 2 aromatic carbocycles. The van der Waals surface area contributed by atoms with Gasteiger partial charge in [0.25, 0.3) is 0 Å². The van der Waals surface area contributed by atoms with Gasteiger partial charge >= 0.3 is 0 Å². The maximum absolute atomic E-state index is 9.61. The summed E-state index contributed by atoms with van der Waals surface area (Å²) < 4.78 is 0. The quantitative estimate of drug-likeness (QED) is 0.717. The van der Waals surface area contributed by atoms with Crippen LogP contribution in [-0.4, -0.2) is 0 Å². The van der Waals surface area contributed by atoms with Gasteiger partial charge in [-0.1, -0.05) is 42.5 Å².